The van der Waals surface area contributed by atoms with Crippen LogP contribution in [0, 0.1) is 11.3 Å². The van der Waals surface area contributed by atoms with Crippen molar-refractivity contribution in [1.29, 1.82) is 5.26 Å². The topological polar surface area (TPSA) is 49.1 Å². The summed E-state index contributed by atoms with van der Waals surface area (Å²) in [6.45, 7) is 5.51. The lowest BCUT2D eigenvalue weighted by atomic mass is 10.1. The zero-order chi connectivity index (χ0) is 12.1. The van der Waals surface area contributed by atoms with Crippen molar-refractivity contribution in [1.82, 2.24) is 9.88 Å². The maximum atomic E-state index is 8.65. The Labute approximate surface area is 102 Å². The highest BCUT2D eigenvalue weighted by atomic mass is 16.5. The Bertz CT molecular complexity index is 388. The lowest BCUT2D eigenvalue weighted by Crippen LogP contribution is -2.37. The van der Waals surface area contributed by atoms with Gasteiger partial charge >= 0.3 is 0 Å². The van der Waals surface area contributed by atoms with Crippen LogP contribution in [0.4, 0.5) is 0 Å². The Morgan fingerprint density at radius 2 is 2.24 bits per heavy atom. The molecule has 0 amide bonds. The van der Waals surface area contributed by atoms with Crippen LogP contribution < -0.4 is 4.74 Å². The number of aromatic nitrogens is 1. The Morgan fingerprint density at radius 1 is 1.47 bits per heavy atom. The van der Waals surface area contributed by atoms with Gasteiger partial charge in [-0.15, -0.1) is 0 Å². The number of piperidine rings is 1. The van der Waals surface area contributed by atoms with Gasteiger partial charge in [-0.1, -0.05) is 6.92 Å². The van der Waals surface area contributed by atoms with Crippen molar-refractivity contribution < 1.29 is 4.74 Å². The maximum Gasteiger partial charge on any atom is 0.140 e. The highest BCUT2D eigenvalue weighted by Crippen LogP contribution is 2.18. The largest absolute Gasteiger partial charge is 0.489 e. The van der Waals surface area contributed by atoms with E-state index in [-0.39, 0.29) is 6.10 Å². The van der Waals surface area contributed by atoms with Gasteiger partial charge in [0, 0.05) is 13.1 Å². The molecule has 1 aliphatic heterocycles. The van der Waals surface area contributed by atoms with Crippen LogP contribution in [-0.4, -0.2) is 35.6 Å². The average Bonchev–Trinajstić information content (AvgIpc) is 2.40. The first-order chi connectivity index (χ1) is 8.31. The van der Waals surface area contributed by atoms with E-state index >= 15 is 0 Å². The number of nitrogens with zero attached hydrogens (tertiary/aromatic N) is 3. The van der Waals surface area contributed by atoms with Crippen molar-refractivity contribution in [3.8, 4) is 11.8 Å². The summed E-state index contributed by atoms with van der Waals surface area (Å²) in [5, 5.41) is 8.65. The lowest BCUT2D eigenvalue weighted by Gasteiger charge is -2.31. The summed E-state index contributed by atoms with van der Waals surface area (Å²) >= 11 is 0. The molecule has 0 saturated carbocycles. The second-order valence-corrected chi connectivity index (χ2v) is 4.24. The van der Waals surface area contributed by atoms with Crippen molar-refractivity contribution in [3.05, 3.63) is 24.0 Å². The summed E-state index contributed by atoms with van der Waals surface area (Å²) in [6, 6.07) is 5.51. The van der Waals surface area contributed by atoms with Crippen LogP contribution >= 0.6 is 0 Å². The van der Waals surface area contributed by atoms with E-state index in [1.807, 2.05) is 12.1 Å². The molecule has 1 saturated heterocycles. The van der Waals surface area contributed by atoms with Crippen LogP contribution in [0.15, 0.2) is 18.3 Å². The predicted molar refractivity (Wildman–Crippen MR) is 64.7 cm³/mol. The van der Waals surface area contributed by atoms with Crippen molar-refractivity contribution >= 4 is 0 Å². The number of hydrogen-bond donors (Lipinski definition) is 0. The second kappa shape index (κ2) is 5.65. The van der Waals surface area contributed by atoms with Crippen LogP contribution in [0.3, 0.4) is 0 Å². The minimum Gasteiger partial charge on any atom is -0.489 e. The highest BCUT2D eigenvalue weighted by molar-refractivity contribution is 5.26. The Hall–Kier alpha value is -1.60. The molecule has 1 aromatic rings. The number of nitriles is 1. The minimum atomic E-state index is 0.285. The predicted octanol–water partition coefficient (Wildman–Crippen LogP) is 1.82. The molecule has 4 heteroatoms. The van der Waals surface area contributed by atoms with Gasteiger partial charge in [0.05, 0.1) is 6.20 Å². The number of hydrogen-bond acceptors (Lipinski definition) is 4. The van der Waals surface area contributed by atoms with Gasteiger partial charge in [-0.3, -0.25) is 0 Å². The quantitative estimate of drug-likeness (QED) is 0.796. The number of rotatable bonds is 3. The molecule has 1 aliphatic rings. The molecule has 0 spiro atoms. The molecular weight excluding hydrogens is 214 g/mol. The molecule has 2 heterocycles. The first-order valence-corrected chi connectivity index (χ1v) is 6.07. The fourth-order valence-electron chi connectivity index (χ4n) is 2.05. The van der Waals surface area contributed by atoms with Crippen molar-refractivity contribution in [2.45, 2.75) is 25.9 Å². The fraction of sp³-hybridized carbons (Fsp3) is 0.538. The van der Waals surface area contributed by atoms with E-state index in [0.717, 1.165) is 38.2 Å². The van der Waals surface area contributed by atoms with Gasteiger partial charge in [-0.25, -0.2) is 4.98 Å². The van der Waals surface area contributed by atoms with Gasteiger partial charge in [0.25, 0.3) is 0 Å². The standard InChI is InChI=1S/C13H17N3O/c1-2-16-7-5-12(6-8-16)17-13-4-3-11(9-14)15-10-13/h3-4,10,12H,2,5-8H2,1H3. The van der Waals surface area contributed by atoms with Gasteiger partial charge in [0.2, 0.25) is 0 Å². The van der Waals surface area contributed by atoms with Gasteiger partial charge in [-0.05, 0) is 31.5 Å². The van der Waals surface area contributed by atoms with Crippen LogP contribution in [0.5, 0.6) is 5.75 Å². The summed E-state index contributed by atoms with van der Waals surface area (Å²) in [6.07, 6.45) is 4.04. The minimum absolute atomic E-state index is 0.285. The molecule has 0 atom stereocenters. The normalized spacial score (nSPS) is 17.6. The SMILES string of the molecule is CCN1CCC(Oc2ccc(C#N)nc2)CC1. The van der Waals surface area contributed by atoms with Crippen LogP contribution in [0.2, 0.25) is 0 Å². The Morgan fingerprint density at radius 3 is 2.76 bits per heavy atom. The first-order valence-electron chi connectivity index (χ1n) is 6.07. The molecule has 17 heavy (non-hydrogen) atoms. The molecule has 0 unspecified atom stereocenters. The number of ether oxygens (including phenoxy) is 1. The van der Waals surface area contributed by atoms with E-state index in [9.17, 15) is 0 Å². The van der Waals surface area contributed by atoms with E-state index < -0.39 is 0 Å². The highest BCUT2D eigenvalue weighted by Gasteiger charge is 2.19. The first kappa shape index (κ1) is 11.9. The summed E-state index contributed by atoms with van der Waals surface area (Å²) < 4.78 is 5.85. The second-order valence-electron chi connectivity index (χ2n) is 4.24. The molecule has 4 nitrogen and oxygen atoms in total. The van der Waals surface area contributed by atoms with Gasteiger partial charge in [0.1, 0.15) is 23.6 Å². The van der Waals surface area contributed by atoms with Crippen LogP contribution in [0.1, 0.15) is 25.5 Å². The fourth-order valence-corrected chi connectivity index (χ4v) is 2.05. The van der Waals surface area contributed by atoms with Crippen molar-refractivity contribution in [2.24, 2.45) is 0 Å². The number of likely N-dealkylation sites (tertiary alicyclic amines) is 1. The smallest absolute Gasteiger partial charge is 0.140 e. The summed E-state index contributed by atoms with van der Waals surface area (Å²) in [5.74, 6) is 0.763. The van der Waals surface area contributed by atoms with E-state index in [1.54, 1.807) is 12.3 Å². The molecule has 0 bridgehead atoms. The zero-order valence-electron chi connectivity index (χ0n) is 10.1. The molecule has 90 valence electrons. The van der Waals surface area contributed by atoms with Crippen molar-refractivity contribution in [2.75, 3.05) is 19.6 Å². The molecule has 0 N–H and O–H groups in total. The van der Waals surface area contributed by atoms with Gasteiger partial charge in [-0.2, -0.15) is 5.26 Å². The average molecular weight is 231 g/mol. The van der Waals surface area contributed by atoms with Gasteiger partial charge < -0.3 is 9.64 Å². The number of pyridine rings is 1. The third-order valence-electron chi connectivity index (χ3n) is 3.14. The summed E-state index contributed by atoms with van der Waals surface area (Å²) in [5.41, 5.74) is 0.429. The molecule has 2 rings (SSSR count). The molecule has 0 aliphatic carbocycles. The zero-order valence-corrected chi connectivity index (χ0v) is 10.1. The van der Waals surface area contributed by atoms with Crippen LogP contribution in [-0.2, 0) is 0 Å². The Kier molecular flexibility index (Phi) is 3.94. The molecular formula is C13H17N3O. The van der Waals surface area contributed by atoms with E-state index in [4.69, 9.17) is 10.00 Å². The maximum absolute atomic E-state index is 8.65. The lowest BCUT2D eigenvalue weighted by molar-refractivity contribution is 0.103. The summed E-state index contributed by atoms with van der Waals surface area (Å²) in [4.78, 5) is 6.42. The monoisotopic (exact) mass is 231 g/mol. The van der Waals surface area contributed by atoms with E-state index in [1.165, 1.54) is 0 Å². The molecule has 0 aromatic carbocycles. The van der Waals surface area contributed by atoms with E-state index in [2.05, 4.69) is 16.8 Å². The Balaban J connectivity index is 1.87. The van der Waals surface area contributed by atoms with Crippen LogP contribution in [0.25, 0.3) is 0 Å². The molecule has 0 radical (unpaired) electrons. The molecule has 1 aromatic heterocycles. The summed E-state index contributed by atoms with van der Waals surface area (Å²) in [7, 11) is 0. The van der Waals surface area contributed by atoms with Gasteiger partial charge in [0.15, 0.2) is 0 Å². The third-order valence-corrected chi connectivity index (χ3v) is 3.14. The molecule has 1 fully saturated rings. The van der Waals surface area contributed by atoms with E-state index in [0.29, 0.717) is 5.69 Å². The third kappa shape index (κ3) is 3.18. The van der Waals surface area contributed by atoms with Crippen molar-refractivity contribution in [3.63, 3.8) is 0 Å².